The van der Waals surface area contributed by atoms with Gasteiger partial charge in [-0.2, -0.15) is 9.57 Å². The molecule has 2 aromatic carbocycles. The van der Waals surface area contributed by atoms with Crippen LogP contribution in [0.3, 0.4) is 0 Å². The number of nitrogens with zero attached hydrogens (tertiary/aromatic N) is 2. The van der Waals surface area contributed by atoms with Gasteiger partial charge >= 0.3 is 5.97 Å². The van der Waals surface area contributed by atoms with Gasteiger partial charge in [0, 0.05) is 13.1 Å². The lowest BCUT2D eigenvalue weighted by Crippen LogP contribution is -2.38. The summed E-state index contributed by atoms with van der Waals surface area (Å²) in [5.74, 6) is -0.982. The molecule has 1 N–H and O–H groups in total. The van der Waals surface area contributed by atoms with Crippen LogP contribution >= 0.6 is 11.3 Å². The molecule has 0 bridgehead atoms. The summed E-state index contributed by atoms with van der Waals surface area (Å²) < 4.78 is 32.9. The number of nitrogens with one attached hydrogen (secondary N) is 1. The van der Waals surface area contributed by atoms with Crippen LogP contribution in [0.15, 0.2) is 70.9 Å². The van der Waals surface area contributed by atoms with Gasteiger partial charge in [0.05, 0.1) is 16.0 Å². The third-order valence-electron chi connectivity index (χ3n) is 6.02. The van der Waals surface area contributed by atoms with Crippen LogP contribution in [-0.2, 0) is 26.0 Å². The highest BCUT2D eigenvalue weighted by Crippen LogP contribution is 2.27. The number of sulfonamides is 1. The van der Waals surface area contributed by atoms with Crippen molar-refractivity contribution in [3.8, 4) is 6.07 Å². The Morgan fingerprint density at radius 2 is 1.83 bits per heavy atom. The number of thiophene rings is 1. The van der Waals surface area contributed by atoms with Crippen molar-refractivity contribution in [2.24, 2.45) is 5.92 Å². The van der Waals surface area contributed by atoms with Crippen LogP contribution in [0.2, 0.25) is 0 Å². The minimum absolute atomic E-state index is 0.0140. The van der Waals surface area contributed by atoms with Crippen molar-refractivity contribution >= 4 is 38.2 Å². The minimum atomic E-state index is -3.77. The topological polar surface area (TPSA) is 117 Å². The summed E-state index contributed by atoms with van der Waals surface area (Å²) in [6.07, 6.45) is 2.46. The number of ether oxygens (including phenoxy) is 1. The van der Waals surface area contributed by atoms with Crippen LogP contribution < -0.4 is 5.32 Å². The fourth-order valence-corrected chi connectivity index (χ4v) is 6.37. The molecule has 36 heavy (non-hydrogen) atoms. The van der Waals surface area contributed by atoms with Gasteiger partial charge in [0.15, 0.2) is 6.61 Å². The highest BCUT2D eigenvalue weighted by atomic mass is 32.2. The normalized spacial score (nSPS) is 14.6. The van der Waals surface area contributed by atoms with Gasteiger partial charge in [-0.1, -0.05) is 36.4 Å². The maximum absolute atomic E-state index is 13.2. The molecule has 0 radical (unpaired) electrons. The summed E-state index contributed by atoms with van der Waals surface area (Å²) in [5, 5.41) is 13.6. The Kier molecular flexibility index (Phi) is 8.15. The van der Waals surface area contributed by atoms with E-state index in [1.54, 1.807) is 11.4 Å². The number of piperidine rings is 1. The van der Waals surface area contributed by atoms with Crippen molar-refractivity contribution < 1.29 is 22.7 Å². The number of esters is 1. The fraction of sp³-hybridized carbons (Fsp3) is 0.269. The zero-order chi connectivity index (χ0) is 25.5. The number of benzene rings is 2. The van der Waals surface area contributed by atoms with Gasteiger partial charge in [0.25, 0.3) is 5.91 Å². The summed E-state index contributed by atoms with van der Waals surface area (Å²) in [5.41, 5.74) is 1.61. The molecule has 1 aliphatic heterocycles. The number of carbonyl (C=O) groups is 2. The average molecular weight is 524 g/mol. The number of rotatable bonds is 8. The lowest BCUT2D eigenvalue weighted by atomic mass is 9.91. The van der Waals surface area contributed by atoms with E-state index in [1.165, 1.54) is 45.5 Å². The summed E-state index contributed by atoms with van der Waals surface area (Å²) in [4.78, 5) is 24.6. The monoisotopic (exact) mass is 523 g/mol. The maximum Gasteiger partial charge on any atom is 0.338 e. The SMILES string of the molecule is N#Cc1ccsc1NC(=O)COC(=O)c1cccc(S(=O)(=O)N2CCC(Cc3ccccc3)CC2)c1. The van der Waals surface area contributed by atoms with E-state index in [9.17, 15) is 18.0 Å². The first-order valence-corrected chi connectivity index (χ1v) is 13.8. The lowest BCUT2D eigenvalue weighted by Gasteiger charge is -2.31. The predicted octanol–water partition coefficient (Wildman–Crippen LogP) is 4.06. The molecule has 1 fully saturated rings. The molecule has 0 aliphatic carbocycles. The van der Waals surface area contributed by atoms with E-state index in [0.29, 0.717) is 29.6 Å². The second kappa shape index (κ2) is 11.5. The van der Waals surface area contributed by atoms with E-state index in [0.717, 1.165) is 19.3 Å². The summed E-state index contributed by atoms with van der Waals surface area (Å²) >= 11 is 1.19. The highest BCUT2D eigenvalue weighted by Gasteiger charge is 2.30. The molecule has 0 unspecified atom stereocenters. The molecule has 3 aromatic rings. The van der Waals surface area contributed by atoms with Gasteiger partial charge in [-0.25, -0.2) is 13.2 Å². The molecule has 1 amide bonds. The maximum atomic E-state index is 13.2. The smallest absolute Gasteiger partial charge is 0.338 e. The molecule has 1 saturated heterocycles. The van der Waals surface area contributed by atoms with E-state index in [4.69, 9.17) is 10.00 Å². The zero-order valence-corrected chi connectivity index (χ0v) is 21.1. The molecule has 1 aliphatic rings. The van der Waals surface area contributed by atoms with Crippen molar-refractivity contribution in [2.45, 2.75) is 24.2 Å². The summed E-state index contributed by atoms with van der Waals surface area (Å²) in [6, 6.07) is 19.4. The minimum Gasteiger partial charge on any atom is -0.452 e. The third kappa shape index (κ3) is 6.18. The Bertz CT molecular complexity index is 1370. The average Bonchev–Trinajstić information content (AvgIpc) is 3.35. The largest absolute Gasteiger partial charge is 0.452 e. The summed E-state index contributed by atoms with van der Waals surface area (Å²) in [6.45, 7) is 0.275. The van der Waals surface area contributed by atoms with Crippen LogP contribution in [0.1, 0.15) is 34.3 Å². The van der Waals surface area contributed by atoms with Gasteiger partial charge in [-0.05, 0) is 60.4 Å². The first-order valence-electron chi connectivity index (χ1n) is 11.5. The molecule has 2 heterocycles. The van der Waals surface area contributed by atoms with Crippen LogP contribution in [0.4, 0.5) is 5.00 Å². The highest BCUT2D eigenvalue weighted by molar-refractivity contribution is 7.89. The number of amides is 1. The van der Waals surface area contributed by atoms with Gasteiger partial charge < -0.3 is 10.1 Å². The number of anilines is 1. The molecular weight excluding hydrogens is 498 g/mol. The second-order valence-corrected chi connectivity index (χ2v) is 11.3. The van der Waals surface area contributed by atoms with E-state index >= 15 is 0 Å². The van der Waals surface area contributed by atoms with Crippen molar-refractivity contribution in [2.75, 3.05) is 25.0 Å². The standard InChI is InChI=1S/C26H25N3O5S2/c27-17-22-11-14-35-25(22)28-24(30)18-34-26(31)21-7-4-8-23(16-21)36(32,33)29-12-9-20(10-13-29)15-19-5-2-1-3-6-19/h1-8,11,14,16,20H,9-10,12-13,15,18H2,(H,28,30). The number of hydrogen-bond donors (Lipinski definition) is 1. The van der Waals surface area contributed by atoms with Crippen LogP contribution in [0.25, 0.3) is 0 Å². The van der Waals surface area contributed by atoms with Gasteiger partial charge in [0.2, 0.25) is 10.0 Å². The van der Waals surface area contributed by atoms with Gasteiger partial charge in [-0.15, -0.1) is 11.3 Å². The molecule has 10 heteroatoms. The Morgan fingerprint density at radius 3 is 2.56 bits per heavy atom. The first kappa shape index (κ1) is 25.6. The Balaban J connectivity index is 1.33. The van der Waals surface area contributed by atoms with Crippen molar-refractivity contribution in [1.82, 2.24) is 4.31 Å². The lowest BCUT2D eigenvalue weighted by molar-refractivity contribution is -0.119. The third-order valence-corrected chi connectivity index (χ3v) is 8.75. The van der Waals surface area contributed by atoms with Crippen LogP contribution in [-0.4, -0.2) is 44.3 Å². The zero-order valence-electron chi connectivity index (χ0n) is 19.4. The van der Waals surface area contributed by atoms with Crippen molar-refractivity contribution in [3.63, 3.8) is 0 Å². The fourth-order valence-electron chi connectivity index (χ4n) is 4.11. The molecule has 8 nitrogen and oxygen atoms in total. The number of carbonyl (C=O) groups excluding carboxylic acids is 2. The quantitative estimate of drug-likeness (QED) is 0.445. The Labute approximate surface area is 214 Å². The molecular formula is C26H25N3O5S2. The van der Waals surface area contributed by atoms with Crippen LogP contribution in [0.5, 0.6) is 0 Å². The van der Waals surface area contributed by atoms with Crippen molar-refractivity contribution in [3.05, 3.63) is 82.7 Å². The summed E-state index contributed by atoms with van der Waals surface area (Å²) in [7, 11) is -3.77. The number of nitriles is 1. The molecule has 1 aromatic heterocycles. The van der Waals surface area contributed by atoms with Gasteiger partial charge in [0.1, 0.15) is 11.1 Å². The van der Waals surface area contributed by atoms with Crippen LogP contribution in [0, 0.1) is 17.2 Å². The molecule has 4 rings (SSSR count). The second-order valence-electron chi connectivity index (χ2n) is 8.46. The Hall–Kier alpha value is -3.52. The first-order chi connectivity index (χ1) is 17.4. The van der Waals surface area contributed by atoms with Crippen molar-refractivity contribution in [1.29, 1.82) is 5.26 Å². The van der Waals surface area contributed by atoms with E-state index in [-0.39, 0.29) is 10.5 Å². The predicted molar refractivity (Wildman–Crippen MR) is 136 cm³/mol. The number of hydrogen-bond acceptors (Lipinski definition) is 7. The van der Waals surface area contributed by atoms with E-state index in [1.807, 2.05) is 24.3 Å². The van der Waals surface area contributed by atoms with E-state index < -0.39 is 28.5 Å². The van der Waals surface area contributed by atoms with Gasteiger partial charge in [-0.3, -0.25) is 4.79 Å². The molecule has 0 saturated carbocycles. The Morgan fingerprint density at radius 1 is 1.08 bits per heavy atom. The molecule has 0 spiro atoms. The molecule has 186 valence electrons. The van der Waals surface area contributed by atoms with E-state index in [2.05, 4.69) is 17.4 Å². The molecule has 0 atom stereocenters.